The minimum atomic E-state index is -1.03. The monoisotopic (exact) mass is 465 g/mol. The first-order valence-corrected chi connectivity index (χ1v) is 11.0. The Labute approximate surface area is 184 Å². The second-order valence-electron chi connectivity index (χ2n) is 8.84. The van der Waals surface area contributed by atoms with Gasteiger partial charge in [0, 0.05) is 22.0 Å². The molecule has 2 aromatic rings. The molecule has 1 atom stereocenters. The fourth-order valence-corrected chi connectivity index (χ4v) is 4.82. The van der Waals surface area contributed by atoms with Crippen LogP contribution in [0.4, 0.5) is 0 Å². The highest BCUT2D eigenvalue weighted by molar-refractivity contribution is 9.10. The van der Waals surface area contributed by atoms with Crippen LogP contribution in [0.1, 0.15) is 49.8 Å². The molecular formula is C25H24BrNO3. The normalized spacial score (nSPS) is 20.0. The number of carboxylic acids is 1. The van der Waals surface area contributed by atoms with Gasteiger partial charge in [0.1, 0.15) is 5.71 Å². The Morgan fingerprint density at radius 1 is 1.13 bits per heavy atom. The molecule has 2 aliphatic rings. The molecule has 0 amide bonds. The number of benzene rings is 2. The van der Waals surface area contributed by atoms with Gasteiger partial charge >= 0.3 is 5.97 Å². The molecule has 0 bridgehead atoms. The van der Waals surface area contributed by atoms with E-state index in [4.69, 9.17) is 0 Å². The van der Waals surface area contributed by atoms with Crippen LogP contribution >= 0.6 is 15.9 Å². The van der Waals surface area contributed by atoms with Crippen LogP contribution in [0.15, 0.2) is 63.6 Å². The fourth-order valence-electron chi connectivity index (χ4n) is 4.37. The molecular weight excluding hydrogens is 442 g/mol. The SMILES string of the molecule is CC1(C)CCC2=C(C1)c1ccccc1/C(=N/C(Cc1cccc(Br)c1)C(=O)O)C2=O. The van der Waals surface area contributed by atoms with E-state index < -0.39 is 12.0 Å². The van der Waals surface area contributed by atoms with Crippen molar-refractivity contribution in [1.29, 1.82) is 0 Å². The van der Waals surface area contributed by atoms with Crippen molar-refractivity contribution in [1.82, 2.24) is 0 Å². The summed E-state index contributed by atoms with van der Waals surface area (Å²) in [7, 11) is 0. The minimum absolute atomic E-state index is 0.111. The number of hydrogen-bond donors (Lipinski definition) is 1. The average molecular weight is 466 g/mol. The Kier molecular flexibility index (Phi) is 5.49. The van der Waals surface area contributed by atoms with Crippen LogP contribution < -0.4 is 0 Å². The number of rotatable bonds is 4. The van der Waals surface area contributed by atoms with Gasteiger partial charge in [0.05, 0.1) is 0 Å². The van der Waals surface area contributed by atoms with Gasteiger partial charge in [-0.3, -0.25) is 9.79 Å². The van der Waals surface area contributed by atoms with Gasteiger partial charge in [0.2, 0.25) is 5.78 Å². The van der Waals surface area contributed by atoms with E-state index in [1.165, 1.54) is 0 Å². The standard InChI is InChI=1S/C25H24BrNO3/c1-25(2)11-10-19-20(14-25)17-8-3-4-9-18(17)22(23(19)28)27-21(24(29)30)13-15-6-5-7-16(26)12-15/h3-9,12,21H,10-11,13-14H2,1-2H3,(H,29,30)/b27-22-. The molecule has 4 rings (SSSR count). The van der Waals surface area contributed by atoms with Gasteiger partial charge in [-0.1, -0.05) is 66.2 Å². The van der Waals surface area contributed by atoms with Crippen molar-refractivity contribution in [3.8, 4) is 0 Å². The van der Waals surface area contributed by atoms with Gasteiger partial charge in [-0.2, -0.15) is 0 Å². The van der Waals surface area contributed by atoms with Crippen molar-refractivity contribution in [2.75, 3.05) is 0 Å². The topological polar surface area (TPSA) is 66.7 Å². The second-order valence-corrected chi connectivity index (χ2v) is 9.75. The zero-order valence-electron chi connectivity index (χ0n) is 17.1. The number of aliphatic carboxylic acids is 1. The summed E-state index contributed by atoms with van der Waals surface area (Å²) in [6.07, 6.45) is 2.72. The molecule has 0 saturated carbocycles. The van der Waals surface area contributed by atoms with E-state index >= 15 is 0 Å². The maximum atomic E-state index is 13.4. The molecule has 1 N–H and O–H groups in total. The van der Waals surface area contributed by atoms with Crippen LogP contribution in [-0.4, -0.2) is 28.6 Å². The summed E-state index contributed by atoms with van der Waals surface area (Å²) in [5.41, 5.74) is 4.96. The fraction of sp³-hybridized carbons (Fsp3) is 0.320. The summed E-state index contributed by atoms with van der Waals surface area (Å²) >= 11 is 3.42. The molecule has 0 aromatic heterocycles. The predicted molar refractivity (Wildman–Crippen MR) is 122 cm³/mol. The number of fused-ring (bicyclic) bond motifs is 2. The van der Waals surface area contributed by atoms with Gasteiger partial charge in [-0.15, -0.1) is 0 Å². The Hall–Kier alpha value is -2.53. The molecule has 0 aliphatic heterocycles. The largest absolute Gasteiger partial charge is 0.480 e. The Balaban J connectivity index is 1.78. The summed E-state index contributed by atoms with van der Waals surface area (Å²) in [6.45, 7) is 4.46. The van der Waals surface area contributed by atoms with Crippen molar-refractivity contribution in [3.63, 3.8) is 0 Å². The molecule has 154 valence electrons. The van der Waals surface area contributed by atoms with Crippen LogP contribution in [0, 0.1) is 5.41 Å². The van der Waals surface area contributed by atoms with E-state index in [-0.39, 0.29) is 23.3 Å². The predicted octanol–water partition coefficient (Wildman–Crippen LogP) is 5.48. The van der Waals surface area contributed by atoms with Crippen molar-refractivity contribution < 1.29 is 14.7 Å². The number of ketones is 1. The molecule has 2 aliphatic carbocycles. The second kappa shape index (κ2) is 7.95. The van der Waals surface area contributed by atoms with Crippen LogP contribution in [0.5, 0.6) is 0 Å². The maximum absolute atomic E-state index is 13.4. The van der Waals surface area contributed by atoms with Gasteiger partial charge in [-0.25, -0.2) is 4.79 Å². The highest BCUT2D eigenvalue weighted by Gasteiger charge is 2.37. The molecule has 2 aromatic carbocycles. The lowest BCUT2D eigenvalue weighted by Crippen LogP contribution is -2.32. The highest BCUT2D eigenvalue weighted by Crippen LogP contribution is 2.46. The van der Waals surface area contributed by atoms with Gasteiger partial charge in [0.25, 0.3) is 0 Å². The quantitative estimate of drug-likeness (QED) is 0.649. The molecule has 1 unspecified atom stereocenters. The first-order chi connectivity index (χ1) is 14.2. The Morgan fingerprint density at radius 3 is 2.57 bits per heavy atom. The van der Waals surface area contributed by atoms with Crippen LogP contribution in [-0.2, 0) is 16.0 Å². The molecule has 0 heterocycles. The number of aliphatic imine (C=N–C) groups is 1. The third-order valence-electron chi connectivity index (χ3n) is 5.96. The van der Waals surface area contributed by atoms with Gasteiger partial charge in [0.15, 0.2) is 6.04 Å². The number of carboxylic acid groups (broad SMARTS) is 1. The molecule has 5 heteroatoms. The number of nitrogens with zero attached hydrogens (tertiary/aromatic N) is 1. The molecule has 0 saturated heterocycles. The number of carbonyl (C=O) groups excluding carboxylic acids is 1. The van der Waals surface area contributed by atoms with Crippen molar-refractivity contribution in [2.45, 2.75) is 45.6 Å². The highest BCUT2D eigenvalue weighted by atomic mass is 79.9. The van der Waals surface area contributed by atoms with Crippen molar-refractivity contribution in [3.05, 3.63) is 75.3 Å². The molecule has 0 radical (unpaired) electrons. The van der Waals surface area contributed by atoms with Crippen molar-refractivity contribution in [2.24, 2.45) is 10.4 Å². The zero-order chi connectivity index (χ0) is 21.5. The lowest BCUT2D eigenvalue weighted by Gasteiger charge is -2.36. The summed E-state index contributed by atoms with van der Waals surface area (Å²) in [6, 6.07) is 14.3. The first kappa shape index (κ1) is 20.7. The Morgan fingerprint density at radius 2 is 1.87 bits per heavy atom. The number of carbonyl (C=O) groups is 2. The van der Waals surface area contributed by atoms with E-state index in [1.54, 1.807) is 0 Å². The summed E-state index contributed by atoms with van der Waals surface area (Å²) < 4.78 is 0.885. The minimum Gasteiger partial charge on any atom is -0.480 e. The number of Topliss-reactive ketones (excluding diaryl/α,β-unsaturated/α-hetero) is 1. The average Bonchev–Trinajstić information content (AvgIpc) is 2.69. The van der Waals surface area contributed by atoms with Gasteiger partial charge < -0.3 is 5.11 Å². The Bertz CT molecular complexity index is 1100. The number of allylic oxidation sites excluding steroid dienone is 2. The van der Waals surface area contributed by atoms with Crippen LogP contribution in [0.3, 0.4) is 0 Å². The summed E-state index contributed by atoms with van der Waals surface area (Å²) in [4.78, 5) is 29.9. The summed E-state index contributed by atoms with van der Waals surface area (Å²) in [5, 5.41) is 9.83. The third-order valence-corrected chi connectivity index (χ3v) is 6.45. The molecule has 30 heavy (non-hydrogen) atoms. The van der Waals surface area contributed by atoms with Crippen LogP contribution in [0.2, 0.25) is 0 Å². The third kappa shape index (κ3) is 4.04. The molecule has 0 spiro atoms. The molecule has 4 nitrogen and oxygen atoms in total. The van der Waals surface area contributed by atoms with E-state index in [2.05, 4.69) is 34.8 Å². The maximum Gasteiger partial charge on any atom is 0.328 e. The molecule has 0 fully saturated rings. The lowest BCUT2D eigenvalue weighted by atomic mass is 9.68. The summed E-state index contributed by atoms with van der Waals surface area (Å²) in [5.74, 6) is -1.14. The van der Waals surface area contributed by atoms with E-state index in [9.17, 15) is 14.7 Å². The number of hydrogen-bond acceptors (Lipinski definition) is 3. The van der Waals surface area contributed by atoms with E-state index in [0.717, 1.165) is 45.2 Å². The first-order valence-electron chi connectivity index (χ1n) is 10.2. The lowest BCUT2D eigenvalue weighted by molar-refractivity contribution is -0.138. The van der Waals surface area contributed by atoms with E-state index in [1.807, 2.05) is 48.5 Å². The van der Waals surface area contributed by atoms with Crippen molar-refractivity contribution >= 4 is 39.0 Å². The van der Waals surface area contributed by atoms with Crippen LogP contribution in [0.25, 0.3) is 5.57 Å². The zero-order valence-corrected chi connectivity index (χ0v) is 18.7. The van der Waals surface area contributed by atoms with Gasteiger partial charge in [-0.05, 0) is 53.5 Å². The number of halogens is 1. The van der Waals surface area contributed by atoms with E-state index in [0.29, 0.717) is 6.42 Å². The smallest absolute Gasteiger partial charge is 0.328 e.